The second-order valence-corrected chi connectivity index (χ2v) is 4.87. The van der Waals surface area contributed by atoms with E-state index in [4.69, 9.17) is 0 Å². The first-order chi connectivity index (χ1) is 10.4. The highest BCUT2D eigenvalue weighted by molar-refractivity contribution is 9.10. The van der Waals surface area contributed by atoms with E-state index in [1.54, 1.807) is 4.98 Å². The van der Waals surface area contributed by atoms with Gasteiger partial charge in [-0.2, -0.15) is 40.2 Å². The third-order valence-electron chi connectivity index (χ3n) is 2.58. The number of alkyl halides is 8. The van der Waals surface area contributed by atoms with E-state index in [0.717, 1.165) is 0 Å². The van der Waals surface area contributed by atoms with Crippen LogP contribution in [-0.4, -0.2) is 26.3 Å². The fourth-order valence-electron chi connectivity index (χ4n) is 1.56. The fraction of sp³-hybridized carbons (Fsp3) is 0.300. The average Bonchev–Trinajstić information content (AvgIpc) is 2.79. The van der Waals surface area contributed by atoms with E-state index in [2.05, 4.69) is 31.1 Å². The van der Waals surface area contributed by atoms with Crippen LogP contribution in [0.3, 0.4) is 0 Å². The number of rotatable bonds is 2. The molecule has 2 rings (SSSR count). The molecule has 0 unspecified atom stereocenters. The fourth-order valence-corrected chi connectivity index (χ4v) is 2.07. The van der Waals surface area contributed by atoms with E-state index < -0.39 is 45.7 Å². The SMILES string of the molecule is FC(F)(F)c1[nH]c(-c2nnccc2C(F)(F)C(F)(F)F)nc1Br. The second-order valence-electron chi connectivity index (χ2n) is 4.11. The van der Waals surface area contributed by atoms with Crippen molar-refractivity contribution in [2.75, 3.05) is 0 Å². The number of hydrogen-bond acceptors (Lipinski definition) is 3. The van der Waals surface area contributed by atoms with Gasteiger partial charge in [-0.1, -0.05) is 0 Å². The standard InChI is InChI=1S/C10H3BrF8N4/c11-6-5(9(14,15)16)21-7(22-6)4-3(1-2-20-23-4)8(12,13)10(17,18)19/h1-2H,(H,21,22). The lowest BCUT2D eigenvalue weighted by Crippen LogP contribution is -2.34. The van der Waals surface area contributed by atoms with E-state index in [-0.39, 0.29) is 0 Å². The van der Waals surface area contributed by atoms with Crippen molar-refractivity contribution in [3.05, 3.63) is 28.1 Å². The number of aromatic nitrogens is 4. The molecular weight excluding hydrogens is 408 g/mol. The van der Waals surface area contributed by atoms with Crippen LogP contribution >= 0.6 is 15.9 Å². The van der Waals surface area contributed by atoms with Crippen molar-refractivity contribution in [2.24, 2.45) is 0 Å². The number of aromatic amines is 1. The van der Waals surface area contributed by atoms with Gasteiger partial charge in [0.25, 0.3) is 0 Å². The molecule has 0 saturated carbocycles. The molecule has 0 saturated heterocycles. The monoisotopic (exact) mass is 410 g/mol. The van der Waals surface area contributed by atoms with Crippen LogP contribution in [0.15, 0.2) is 16.9 Å². The lowest BCUT2D eigenvalue weighted by Gasteiger charge is -2.20. The molecule has 0 spiro atoms. The van der Waals surface area contributed by atoms with Gasteiger partial charge in [0.1, 0.15) is 10.3 Å². The van der Waals surface area contributed by atoms with Gasteiger partial charge < -0.3 is 4.98 Å². The predicted octanol–water partition coefficient (Wildman–Crippen LogP) is 4.30. The molecule has 2 heterocycles. The van der Waals surface area contributed by atoms with Crippen LogP contribution in [0.25, 0.3) is 11.5 Å². The third-order valence-corrected chi connectivity index (χ3v) is 3.16. The van der Waals surface area contributed by atoms with Crippen molar-refractivity contribution in [2.45, 2.75) is 18.3 Å². The zero-order chi connectivity index (χ0) is 17.6. The molecule has 0 atom stereocenters. The maximum absolute atomic E-state index is 13.5. The summed E-state index contributed by atoms with van der Waals surface area (Å²) < 4.78 is 101. The van der Waals surface area contributed by atoms with Gasteiger partial charge in [0, 0.05) is 0 Å². The lowest BCUT2D eigenvalue weighted by molar-refractivity contribution is -0.289. The van der Waals surface area contributed by atoms with E-state index in [9.17, 15) is 35.1 Å². The minimum absolute atomic E-state index is 0.305. The molecule has 23 heavy (non-hydrogen) atoms. The first-order valence-electron chi connectivity index (χ1n) is 5.45. The predicted molar refractivity (Wildman–Crippen MR) is 62.3 cm³/mol. The molecule has 0 bridgehead atoms. The minimum Gasteiger partial charge on any atom is -0.332 e. The van der Waals surface area contributed by atoms with Gasteiger partial charge in [-0.15, -0.1) is 5.10 Å². The van der Waals surface area contributed by atoms with Crippen LogP contribution in [0.5, 0.6) is 0 Å². The van der Waals surface area contributed by atoms with E-state index in [1.807, 2.05) is 0 Å². The molecule has 0 radical (unpaired) electrons. The largest absolute Gasteiger partial charge is 0.458 e. The summed E-state index contributed by atoms with van der Waals surface area (Å²) in [6, 6.07) is 0.305. The summed E-state index contributed by atoms with van der Waals surface area (Å²) in [5.74, 6) is -6.29. The third kappa shape index (κ3) is 3.14. The Morgan fingerprint density at radius 3 is 2.09 bits per heavy atom. The maximum Gasteiger partial charge on any atom is 0.458 e. The highest BCUT2D eigenvalue weighted by Crippen LogP contribution is 2.46. The molecule has 0 aliphatic rings. The number of nitrogens with zero attached hydrogens (tertiary/aromatic N) is 3. The highest BCUT2D eigenvalue weighted by atomic mass is 79.9. The van der Waals surface area contributed by atoms with Crippen LogP contribution in [0.2, 0.25) is 0 Å². The second kappa shape index (κ2) is 5.39. The van der Waals surface area contributed by atoms with E-state index >= 15 is 0 Å². The van der Waals surface area contributed by atoms with Crippen molar-refractivity contribution >= 4 is 15.9 Å². The van der Waals surface area contributed by atoms with Crippen LogP contribution < -0.4 is 0 Å². The van der Waals surface area contributed by atoms with Gasteiger partial charge in [0.2, 0.25) is 0 Å². The molecule has 0 fully saturated rings. The average molecular weight is 411 g/mol. The van der Waals surface area contributed by atoms with Gasteiger partial charge in [-0.05, 0) is 22.0 Å². The number of imidazole rings is 1. The molecule has 2 aromatic heterocycles. The molecule has 4 nitrogen and oxygen atoms in total. The topological polar surface area (TPSA) is 54.5 Å². The Hall–Kier alpha value is -1.79. The zero-order valence-electron chi connectivity index (χ0n) is 10.4. The first-order valence-corrected chi connectivity index (χ1v) is 6.24. The van der Waals surface area contributed by atoms with Gasteiger partial charge in [0.15, 0.2) is 11.5 Å². The van der Waals surface area contributed by atoms with Gasteiger partial charge >= 0.3 is 18.3 Å². The number of H-pyrrole nitrogens is 1. The van der Waals surface area contributed by atoms with Crippen molar-refractivity contribution in [3.8, 4) is 11.5 Å². The smallest absolute Gasteiger partial charge is 0.332 e. The van der Waals surface area contributed by atoms with Gasteiger partial charge in [0.05, 0.1) is 11.8 Å². The summed E-state index contributed by atoms with van der Waals surface area (Å²) in [6.07, 6.45) is -10.3. The molecule has 2 aromatic rings. The zero-order valence-corrected chi connectivity index (χ0v) is 12.0. The molecule has 1 N–H and O–H groups in total. The van der Waals surface area contributed by atoms with Crippen LogP contribution in [-0.2, 0) is 12.1 Å². The molecule has 0 aliphatic carbocycles. The Morgan fingerprint density at radius 1 is 1.00 bits per heavy atom. The quantitative estimate of drug-likeness (QED) is 0.751. The van der Waals surface area contributed by atoms with Crippen molar-refractivity contribution in [1.82, 2.24) is 20.2 Å². The summed E-state index contributed by atoms with van der Waals surface area (Å²) in [5.41, 5.74) is -4.28. The lowest BCUT2D eigenvalue weighted by atomic mass is 10.1. The molecule has 0 aliphatic heterocycles. The Kier molecular flexibility index (Phi) is 4.11. The maximum atomic E-state index is 13.5. The Morgan fingerprint density at radius 2 is 1.61 bits per heavy atom. The summed E-state index contributed by atoms with van der Waals surface area (Å²) in [6.45, 7) is 0. The number of nitrogens with one attached hydrogen (secondary N) is 1. The van der Waals surface area contributed by atoms with Crippen LogP contribution in [0.4, 0.5) is 35.1 Å². The van der Waals surface area contributed by atoms with Crippen molar-refractivity contribution < 1.29 is 35.1 Å². The van der Waals surface area contributed by atoms with E-state index in [1.165, 1.54) is 0 Å². The van der Waals surface area contributed by atoms with Crippen molar-refractivity contribution in [3.63, 3.8) is 0 Å². The van der Waals surface area contributed by atoms with E-state index in [0.29, 0.717) is 12.3 Å². The Balaban J connectivity index is 2.64. The molecular formula is C10H3BrF8N4. The normalized spacial score (nSPS) is 13.4. The van der Waals surface area contributed by atoms with Crippen molar-refractivity contribution in [1.29, 1.82) is 0 Å². The summed E-state index contributed by atoms with van der Waals surface area (Å²) in [7, 11) is 0. The highest BCUT2D eigenvalue weighted by Gasteiger charge is 2.60. The summed E-state index contributed by atoms with van der Waals surface area (Å²) in [4.78, 5) is 4.86. The Bertz CT molecular complexity index is 720. The molecule has 0 aromatic carbocycles. The summed E-state index contributed by atoms with van der Waals surface area (Å²) >= 11 is 2.44. The van der Waals surface area contributed by atoms with Crippen LogP contribution in [0.1, 0.15) is 11.3 Å². The summed E-state index contributed by atoms with van der Waals surface area (Å²) in [5, 5.41) is 6.16. The van der Waals surface area contributed by atoms with Gasteiger partial charge in [-0.3, -0.25) is 0 Å². The molecule has 13 heteroatoms. The van der Waals surface area contributed by atoms with Crippen LogP contribution in [0, 0.1) is 0 Å². The number of halogens is 9. The number of hydrogen-bond donors (Lipinski definition) is 1. The minimum atomic E-state index is -5.97. The molecule has 0 amide bonds. The van der Waals surface area contributed by atoms with Gasteiger partial charge in [-0.25, -0.2) is 4.98 Å². The molecule has 126 valence electrons. The first kappa shape index (κ1) is 17.6. The Labute approximate surface area is 130 Å².